The Bertz CT molecular complexity index is 1550. The zero-order chi connectivity index (χ0) is 30.5. The number of esters is 1. The molecular weight excluding hydrogens is 587 g/mol. The third-order valence-electron chi connectivity index (χ3n) is 5.89. The third-order valence-corrected chi connectivity index (χ3v) is 8.58. The van der Waals surface area contributed by atoms with Gasteiger partial charge in [0.25, 0.3) is 0 Å². The Labute approximate surface area is 238 Å². The first-order chi connectivity index (χ1) is 19.2. The number of benzene rings is 1. The number of sulfone groups is 1. The van der Waals surface area contributed by atoms with Gasteiger partial charge in [0.1, 0.15) is 10.7 Å². The van der Waals surface area contributed by atoms with Crippen LogP contribution in [0.4, 0.5) is 18.2 Å². The van der Waals surface area contributed by atoms with Crippen LogP contribution < -0.4 is 14.8 Å². The number of nitrogens with zero attached hydrogens (tertiary/aromatic N) is 2. The summed E-state index contributed by atoms with van der Waals surface area (Å²) in [6, 6.07) is 4.85. The van der Waals surface area contributed by atoms with Gasteiger partial charge in [-0.05, 0) is 57.0 Å². The average Bonchev–Trinajstić information content (AvgIpc) is 3.19. The Hall–Kier alpha value is -3.72. The second-order valence-electron chi connectivity index (χ2n) is 8.67. The normalized spacial score (nSPS) is 11.7. The van der Waals surface area contributed by atoms with Crippen molar-refractivity contribution in [2.45, 2.75) is 44.9 Å². The van der Waals surface area contributed by atoms with Crippen molar-refractivity contribution in [2.75, 3.05) is 31.9 Å². The lowest BCUT2D eigenvalue weighted by Crippen LogP contribution is -2.19. The molecule has 0 bridgehead atoms. The average molecular weight is 616 g/mol. The molecule has 0 aliphatic rings. The quantitative estimate of drug-likeness (QED) is 0.227. The van der Waals surface area contributed by atoms with Crippen molar-refractivity contribution in [3.63, 3.8) is 0 Å². The van der Waals surface area contributed by atoms with Gasteiger partial charge < -0.3 is 19.5 Å². The molecule has 15 heteroatoms. The highest BCUT2D eigenvalue weighted by Crippen LogP contribution is 2.35. The second-order valence-corrected chi connectivity index (χ2v) is 11.9. The van der Waals surface area contributed by atoms with Crippen LogP contribution in [0.2, 0.25) is 0 Å². The van der Waals surface area contributed by atoms with Crippen LogP contribution in [0.3, 0.4) is 0 Å². The van der Waals surface area contributed by atoms with E-state index in [1.165, 1.54) is 43.8 Å². The lowest BCUT2D eigenvalue weighted by atomic mass is 10.1. The number of carbonyl (C=O) groups excluding carboxylic acids is 2. The number of ether oxygens (including phenoxy) is 3. The monoisotopic (exact) mass is 615 g/mol. The van der Waals surface area contributed by atoms with E-state index in [9.17, 15) is 31.2 Å². The summed E-state index contributed by atoms with van der Waals surface area (Å²) in [5.41, 5.74) is -0.720. The first kappa shape index (κ1) is 31.8. The topological polar surface area (TPSA) is 134 Å². The SMILES string of the molecule is CCOC(=O)c1c(NC(=O)CCCS(=O)(=O)c2nc(-c3ccc(OC)c(OC)c3)cc(C(F)(F)F)n2)sc(C)c1C. The number of methoxy groups -OCH3 is 2. The lowest BCUT2D eigenvalue weighted by molar-refractivity contribution is -0.141. The van der Waals surface area contributed by atoms with Crippen LogP contribution in [0.5, 0.6) is 11.5 Å². The van der Waals surface area contributed by atoms with E-state index in [1.54, 1.807) is 20.8 Å². The maximum atomic E-state index is 13.6. The molecule has 1 N–H and O–H groups in total. The number of rotatable bonds is 11. The van der Waals surface area contributed by atoms with Crippen LogP contribution in [0.25, 0.3) is 11.3 Å². The van der Waals surface area contributed by atoms with E-state index in [2.05, 4.69) is 15.3 Å². The Morgan fingerprint density at radius 1 is 1.05 bits per heavy atom. The maximum Gasteiger partial charge on any atom is 0.433 e. The largest absolute Gasteiger partial charge is 0.493 e. The van der Waals surface area contributed by atoms with Crippen molar-refractivity contribution in [1.82, 2.24) is 9.97 Å². The molecule has 3 rings (SSSR count). The van der Waals surface area contributed by atoms with E-state index in [0.717, 1.165) is 4.88 Å². The van der Waals surface area contributed by atoms with Gasteiger partial charge in [-0.1, -0.05) is 0 Å². The molecule has 10 nitrogen and oxygen atoms in total. The van der Waals surface area contributed by atoms with Gasteiger partial charge in [0.2, 0.25) is 20.9 Å². The predicted octanol–water partition coefficient (Wildman–Crippen LogP) is 5.23. The molecular formula is C26H28F3N3O7S2. The van der Waals surface area contributed by atoms with Crippen molar-refractivity contribution in [3.8, 4) is 22.8 Å². The van der Waals surface area contributed by atoms with Crippen LogP contribution in [0, 0.1) is 13.8 Å². The molecule has 222 valence electrons. The molecule has 3 aromatic rings. The highest BCUT2D eigenvalue weighted by Gasteiger charge is 2.35. The zero-order valence-corrected chi connectivity index (χ0v) is 24.5. The molecule has 0 unspecified atom stereocenters. The minimum absolute atomic E-state index is 0.143. The Morgan fingerprint density at radius 2 is 1.73 bits per heavy atom. The van der Waals surface area contributed by atoms with Crippen LogP contribution in [0.1, 0.15) is 46.3 Å². The van der Waals surface area contributed by atoms with Gasteiger partial charge in [-0.25, -0.2) is 23.2 Å². The van der Waals surface area contributed by atoms with E-state index in [0.29, 0.717) is 17.4 Å². The third kappa shape index (κ3) is 7.52. The van der Waals surface area contributed by atoms with Crippen molar-refractivity contribution >= 4 is 38.1 Å². The highest BCUT2D eigenvalue weighted by molar-refractivity contribution is 7.91. The molecule has 0 atom stereocenters. The summed E-state index contributed by atoms with van der Waals surface area (Å²) in [6.45, 7) is 5.28. The van der Waals surface area contributed by atoms with Crippen LogP contribution in [-0.2, 0) is 25.5 Å². The summed E-state index contributed by atoms with van der Waals surface area (Å²) in [6.07, 6.45) is -5.48. The first-order valence-electron chi connectivity index (χ1n) is 12.2. The minimum atomic E-state index is -4.95. The van der Waals surface area contributed by atoms with Gasteiger partial charge in [-0.2, -0.15) is 13.2 Å². The second kappa shape index (κ2) is 12.9. The summed E-state index contributed by atoms with van der Waals surface area (Å²) >= 11 is 1.17. The predicted molar refractivity (Wildman–Crippen MR) is 145 cm³/mol. The number of hydrogen-bond acceptors (Lipinski definition) is 10. The number of anilines is 1. The lowest BCUT2D eigenvalue weighted by Gasteiger charge is -2.13. The van der Waals surface area contributed by atoms with Crippen molar-refractivity contribution in [2.24, 2.45) is 0 Å². The standard InChI is InChI=1S/C26H28F3N3O7S2/c1-6-39-24(34)22-14(2)15(3)40-23(22)32-21(33)8-7-11-41(35,36)25-30-17(13-20(31-25)26(27,28)29)16-9-10-18(37-4)19(12-16)38-5/h9-10,12-13H,6-8,11H2,1-5H3,(H,32,33). The number of nitrogens with one attached hydrogen (secondary N) is 1. The fourth-order valence-electron chi connectivity index (χ4n) is 3.72. The molecule has 0 radical (unpaired) electrons. The zero-order valence-electron chi connectivity index (χ0n) is 22.8. The fraction of sp³-hybridized carbons (Fsp3) is 0.385. The van der Waals surface area contributed by atoms with Crippen molar-refractivity contribution in [3.05, 3.63) is 46.0 Å². The molecule has 1 amide bonds. The van der Waals surface area contributed by atoms with Crippen LogP contribution in [0.15, 0.2) is 29.4 Å². The number of alkyl halides is 3. The van der Waals surface area contributed by atoms with Crippen molar-refractivity contribution < 1.29 is 45.4 Å². The van der Waals surface area contributed by atoms with E-state index in [-0.39, 0.29) is 47.0 Å². The summed E-state index contributed by atoms with van der Waals surface area (Å²) in [5.74, 6) is -1.35. The van der Waals surface area contributed by atoms with Gasteiger partial charge in [0, 0.05) is 16.9 Å². The Kier molecular flexibility index (Phi) is 9.97. The first-order valence-corrected chi connectivity index (χ1v) is 14.7. The minimum Gasteiger partial charge on any atom is -0.493 e. The van der Waals surface area contributed by atoms with Gasteiger partial charge >= 0.3 is 12.1 Å². The Balaban J connectivity index is 1.82. The fourth-order valence-corrected chi connectivity index (χ4v) is 5.97. The number of aromatic nitrogens is 2. The summed E-state index contributed by atoms with van der Waals surface area (Å²) in [4.78, 5) is 32.9. The molecule has 0 fully saturated rings. The molecule has 0 aliphatic carbocycles. The van der Waals surface area contributed by atoms with Gasteiger partial charge in [-0.15, -0.1) is 11.3 Å². The summed E-state index contributed by atoms with van der Waals surface area (Å²) in [7, 11) is -1.71. The maximum absolute atomic E-state index is 13.6. The molecule has 41 heavy (non-hydrogen) atoms. The summed E-state index contributed by atoms with van der Waals surface area (Å²) < 4.78 is 82.2. The molecule has 0 saturated heterocycles. The summed E-state index contributed by atoms with van der Waals surface area (Å²) in [5, 5.41) is 1.85. The van der Waals surface area contributed by atoms with Gasteiger partial charge in [0.05, 0.1) is 37.8 Å². The molecule has 2 heterocycles. The molecule has 2 aromatic heterocycles. The number of carbonyl (C=O) groups is 2. The van der Waals surface area contributed by atoms with E-state index >= 15 is 0 Å². The molecule has 1 aromatic carbocycles. The number of aryl methyl sites for hydroxylation is 1. The molecule has 0 aliphatic heterocycles. The molecule has 0 saturated carbocycles. The van der Waals surface area contributed by atoms with E-state index in [1.807, 2.05) is 0 Å². The number of amides is 1. The van der Waals surface area contributed by atoms with Crippen molar-refractivity contribution in [1.29, 1.82) is 0 Å². The van der Waals surface area contributed by atoms with E-state index in [4.69, 9.17) is 14.2 Å². The number of thiophene rings is 1. The molecule has 0 spiro atoms. The van der Waals surface area contributed by atoms with Gasteiger partial charge in [-0.3, -0.25) is 4.79 Å². The Morgan fingerprint density at radius 3 is 2.34 bits per heavy atom. The number of halogens is 3. The van der Waals surface area contributed by atoms with E-state index < -0.39 is 44.5 Å². The smallest absolute Gasteiger partial charge is 0.433 e. The highest BCUT2D eigenvalue weighted by atomic mass is 32.2. The van der Waals surface area contributed by atoms with Gasteiger partial charge in [0.15, 0.2) is 11.5 Å². The van der Waals surface area contributed by atoms with Crippen LogP contribution >= 0.6 is 11.3 Å². The van der Waals surface area contributed by atoms with Crippen LogP contribution in [-0.4, -0.2) is 56.8 Å². The number of hydrogen-bond donors (Lipinski definition) is 1.